The number of anilines is 1. The van der Waals surface area contributed by atoms with Gasteiger partial charge in [0.05, 0.1) is 11.7 Å². The molecule has 0 amide bonds. The lowest BCUT2D eigenvalue weighted by molar-refractivity contribution is 0.568. The average molecular weight is 256 g/mol. The summed E-state index contributed by atoms with van der Waals surface area (Å²) in [5, 5.41) is 0. The first kappa shape index (κ1) is 13.5. The minimum Gasteiger partial charge on any atom is -0.398 e. The highest BCUT2D eigenvalue weighted by atomic mass is 32.2. The standard InChI is InChI=1S/C11H13FN2O2S/c1-3-9(4-2)14-17(15,16)11-7-8(12)5-6-10(11)13/h1,5-7,9,14H,4,13H2,2H3. The van der Waals surface area contributed by atoms with Crippen LogP contribution in [0.1, 0.15) is 13.3 Å². The Morgan fingerprint density at radius 2 is 2.24 bits per heavy atom. The van der Waals surface area contributed by atoms with Crippen molar-refractivity contribution in [3.05, 3.63) is 24.0 Å². The fraction of sp³-hybridized carbons (Fsp3) is 0.273. The Kier molecular flexibility index (Phi) is 4.10. The fourth-order valence-electron chi connectivity index (χ4n) is 1.23. The van der Waals surface area contributed by atoms with Gasteiger partial charge in [-0.3, -0.25) is 0 Å². The summed E-state index contributed by atoms with van der Waals surface area (Å²) in [4.78, 5) is -0.300. The van der Waals surface area contributed by atoms with Crippen molar-refractivity contribution in [3.63, 3.8) is 0 Å². The monoisotopic (exact) mass is 256 g/mol. The van der Waals surface area contributed by atoms with Gasteiger partial charge in [-0.1, -0.05) is 12.8 Å². The number of hydrogen-bond acceptors (Lipinski definition) is 3. The zero-order chi connectivity index (χ0) is 13.1. The minimum absolute atomic E-state index is 0.0224. The van der Waals surface area contributed by atoms with Gasteiger partial charge >= 0.3 is 0 Å². The van der Waals surface area contributed by atoms with Gasteiger partial charge in [-0.05, 0) is 24.6 Å². The van der Waals surface area contributed by atoms with Gasteiger partial charge < -0.3 is 5.73 Å². The first-order valence-electron chi connectivity index (χ1n) is 4.94. The van der Waals surface area contributed by atoms with Crippen LogP contribution in [0, 0.1) is 18.2 Å². The number of halogens is 1. The molecule has 92 valence electrons. The first-order chi connectivity index (χ1) is 7.90. The number of terminal acetylenes is 1. The highest BCUT2D eigenvalue weighted by molar-refractivity contribution is 7.89. The van der Waals surface area contributed by atoms with Gasteiger partial charge in [-0.2, -0.15) is 4.72 Å². The van der Waals surface area contributed by atoms with Gasteiger partial charge in [0.1, 0.15) is 10.7 Å². The van der Waals surface area contributed by atoms with Crippen LogP contribution in [0.25, 0.3) is 0 Å². The van der Waals surface area contributed by atoms with Gasteiger partial charge in [0, 0.05) is 0 Å². The van der Waals surface area contributed by atoms with Crippen LogP contribution in [0.2, 0.25) is 0 Å². The van der Waals surface area contributed by atoms with E-state index < -0.39 is 21.9 Å². The maximum atomic E-state index is 13.0. The lowest BCUT2D eigenvalue weighted by Gasteiger charge is -2.12. The predicted molar refractivity (Wildman–Crippen MR) is 64.0 cm³/mol. The fourth-order valence-corrected chi connectivity index (χ4v) is 2.61. The predicted octanol–water partition coefficient (Wildman–Crippen LogP) is 1.10. The van der Waals surface area contributed by atoms with E-state index in [0.29, 0.717) is 6.42 Å². The third kappa shape index (κ3) is 3.19. The molecule has 1 atom stereocenters. The number of nitrogens with two attached hydrogens (primary N) is 1. The van der Waals surface area contributed by atoms with Crippen LogP contribution >= 0.6 is 0 Å². The second kappa shape index (κ2) is 5.17. The van der Waals surface area contributed by atoms with Crippen molar-refractivity contribution in [2.45, 2.75) is 24.3 Å². The molecule has 0 spiro atoms. The maximum Gasteiger partial charge on any atom is 0.243 e. The molecule has 1 aromatic rings. The molecule has 0 aliphatic heterocycles. The number of hydrogen-bond donors (Lipinski definition) is 2. The Labute approximate surface area is 100 Å². The summed E-state index contributed by atoms with van der Waals surface area (Å²) in [6.45, 7) is 1.74. The van der Waals surface area contributed by atoms with Crippen molar-refractivity contribution >= 4 is 15.7 Å². The molecular formula is C11H13FN2O2S. The van der Waals surface area contributed by atoms with E-state index in [0.717, 1.165) is 12.1 Å². The van der Waals surface area contributed by atoms with Crippen LogP contribution in [0.5, 0.6) is 0 Å². The Balaban J connectivity index is 3.14. The van der Waals surface area contributed by atoms with Crippen molar-refractivity contribution in [1.29, 1.82) is 0 Å². The summed E-state index contributed by atoms with van der Waals surface area (Å²) < 4.78 is 39.0. The number of rotatable bonds is 4. The van der Waals surface area contributed by atoms with E-state index in [1.807, 2.05) is 0 Å². The van der Waals surface area contributed by atoms with Crippen molar-refractivity contribution in [3.8, 4) is 12.3 Å². The molecule has 0 aliphatic rings. The molecule has 1 aromatic carbocycles. The minimum atomic E-state index is -3.89. The van der Waals surface area contributed by atoms with E-state index in [9.17, 15) is 12.8 Å². The lowest BCUT2D eigenvalue weighted by atomic mass is 10.3. The van der Waals surface area contributed by atoms with Crippen molar-refractivity contribution in [2.75, 3.05) is 5.73 Å². The van der Waals surface area contributed by atoms with Gasteiger partial charge in [0.2, 0.25) is 10.0 Å². The van der Waals surface area contributed by atoms with Gasteiger partial charge in [0.25, 0.3) is 0 Å². The number of sulfonamides is 1. The quantitative estimate of drug-likeness (QED) is 0.626. The summed E-state index contributed by atoms with van der Waals surface area (Å²) in [5.74, 6) is 1.61. The SMILES string of the molecule is C#CC(CC)NS(=O)(=O)c1cc(F)ccc1N. The molecule has 0 radical (unpaired) electrons. The average Bonchev–Trinajstić information content (AvgIpc) is 2.29. The molecule has 0 bridgehead atoms. The topological polar surface area (TPSA) is 72.2 Å². The second-order valence-electron chi connectivity index (χ2n) is 3.43. The molecule has 0 saturated carbocycles. The lowest BCUT2D eigenvalue weighted by Crippen LogP contribution is -2.33. The molecule has 0 aromatic heterocycles. The molecule has 1 unspecified atom stereocenters. The van der Waals surface area contributed by atoms with E-state index in [4.69, 9.17) is 12.2 Å². The van der Waals surface area contributed by atoms with Crippen molar-refractivity contribution in [2.24, 2.45) is 0 Å². The third-order valence-corrected chi connectivity index (χ3v) is 3.70. The van der Waals surface area contributed by atoms with Crippen LogP contribution in [0.4, 0.5) is 10.1 Å². The van der Waals surface area contributed by atoms with E-state index in [1.54, 1.807) is 6.92 Å². The molecule has 0 fully saturated rings. The summed E-state index contributed by atoms with van der Waals surface area (Å²) in [5.41, 5.74) is 5.47. The number of benzene rings is 1. The second-order valence-corrected chi connectivity index (χ2v) is 5.11. The van der Waals surface area contributed by atoms with Crippen LogP contribution < -0.4 is 10.5 Å². The third-order valence-electron chi connectivity index (χ3n) is 2.17. The van der Waals surface area contributed by atoms with Crippen molar-refractivity contribution < 1.29 is 12.8 Å². The zero-order valence-corrected chi connectivity index (χ0v) is 10.1. The van der Waals surface area contributed by atoms with Gasteiger partial charge in [-0.15, -0.1) is 6.42 Å². The largest absolute Gasteiger partial charge is 0.398 e. The summed E-state index contributed by atoms with van der Waals surface area (Å²) in [6, 6.07) is 2.51. The van der Waals surface area contributed by atoms with Crippen LogP contribution in [-0.2, 0) is 10.0 Å². The van der Waals surface area contributed by atoms with Gasteiger partial charge in [-0.25, -0.2) is 12.8 Å². The highest BCUT2D eigenvalue weighted by Crippen LogP contribution is 2.19. The molecule has 1 rings (SSSR count). The Hall–Kier alpha value is -1.58. The molecule has 0 saturated heterocycles. The van der Waals surface area contributed by atoms with E-state index in [2.05, 4.69) is 10.6 Å². The van der Waals surface area contributed by atoms with Gasteiger partial charge in [0.15, 0.2) is 0 Å². The molecule has 3 N–H and O–H groups in total. The number of nitrogens with one attached hydrogen (secondary N) is 1. The smallest absolute Gasteiger partial charge is 0.243 e. The number of nitrogen functional groups attached to an aromatic ring is 1. The Morgan fingerprint density at radius 3 is 2.76 bits per heavy atom. The summed E-state index contributed by atoms with van der Waals surface area (Å²) in [6.07, 6.45) is 5.59. The molecule has 4 nitrogen and oxygen atoms in total. The molecular weight excluding hydrogens is 243 g/mol. The maximum absolute atomic E-state index is 13.0. The summed E-state index contributed by atoms with van der Waals surface area (Å²) in [7, 11) is -3.89. The molecule has 0 aliphatic carbocycles. The van der Waals surface area contributed by atoms with E-state index in [-0.39, 0.29) is 10.6 Å². The molecule has 17 heavy (non-hydrogen) atoms. The van der Waals surface area contributed by atoms with E-state index in [1.165, 1.54) is 6.07 Å². The Morgan fingerprint density at radius 1 is 1.59 bits per heavy atom. The van der Waals surface area contributed by atoms with Crippen LogP contribution in [0.3, 0.4) is 0 Å². The Bertz CT molecular complexity index is 549. The molecule has 0 heterocycles. The van der Waals surface area contributed by atoms with E-state index >= 15 is 0 Å². The highest BCUT2D eigenvalue weighted by Gasteiger charge is 2.20. The summed E-state index contributed by atoms with van der Waals surface area (Å²) >= 11 is 0. The van der Waals surface area contributed by atoms with Crippen molar-refractivity contribution in [1.82, 2.24) is 4.72 Å². The van der Waals surface area contributed by atoms with Crippen LogP contribution in [0.15, 0.2) is 23.1 Å². The molecule has 6 heteroatoms. The zero-order valence-electron chi connectivity index (χ0n) is 9.27. The normalized spacial score (nSPS) is 13.0. The first-order valence-corrected chi connectivity index (χ1v) is 6.42. The van der Waals surface area contributed by atoms with Crippen LogP contribution in [-0.4, -0.2) is 14.5 Å².